The number of aromatic hydroxyl groups is 1. The SMILES string of the molecule is O=Cc1c(Br)cc(O)c2ccccc12. The predicted octanol–water partition coefficient (Wildman–Crippen LogP) is 3.12. The second kappa shape index (κ2) is 3.42. The molecule has 2 aromatic rings. The normalized spacial score (nSPS) is 10.4. The number of hydrogen-bond donors (Lipinski definition) is 1. The highest BCUT2D eigenvalue weighted by Crippen LogP contribution is 2.32. The third-order valence-electron chi connectivity index (χ3n) is 2.13. The van der Waals surface area contributed by atoms with Gasteiger partial charge in [0.25, 0.3) is 0 Å². The van der Waals surface area contributed by atoms with E-state index in [9.17, 15) is 9.90 Å². The van der Waals surface area contributed by atoms with Gasteiger partial charge < -0.3 is 5.11 Å². The lowest BCUT2D eigenvalue weighted by molar-refractivity contribution is 0.112. The van der Waals surface area contributed by atoms with Crippen LogP contribution in [0.15, 0.2) is 34.8 Å². The minimum Gasteiger partial charge on any atom is -0.507 e. The van der Waals surface area contributed by atoms with Gasteiger partial charge in [-0.1, -0.05) is 24.3 Å². The average molecular weight is 251 g/mol. The zero-order chi connectivity index (χ0) is 10.1. The van der Waals surface area contributed by atoms with E-state index in [-0.39, 0.29) is 5.75 Å². The molecule has 0 radical (unpaired) electrons. The molecule has 0 spiro atoms. The number of phenolic OH excluding ortho intramolecular Hbond substituents is 1. The van der Waals surface area contributed by atoms with E-state index in [2.05, 4.69) is 15.9 Å². The van der Waals surface area contributed by atoms with Gasteiger partial charge in [0, 0.05) is 15.4 Å². The molecule has 2 nitrogen and oxygen atoms in total. The van der Waals surface area contributed by atoms with Crippen LogP contribution in [0.25, 0.3) is 10.8 Å². The van der Waals surface area contributed by atoms with E-state index in [0.717, 1.165) is 11.7 Å². The van der Waals surface area contributed by atoms with E-state index in [4.69, 9.17) is 0 Å². The van der Waals surface area contributed by atoms with Crippen molar-refractivity contribution in [2.45, 2.75) is 0 Å². The van der Waals surface area contributed by atoms with Gasteiger partial charge in [-0.15, -0.1) is 0 Å². The van der Waals surface area contributed by atoms with Gasteiger partial charge in [0.2, 0.25) is 0 Å². The van der Waals surface area contributed by atoms with Crippen molar-refractivity contribution in [1.82, 2.24) is 0 Å². The van der Waals surface area contributed by atoms with Crippen molar-refractivity contribution in [2.75, 3.05) is 0 Å². The van der Waals surface area contributed by atoms with Crippen LogP contribution in [0.1, 0.15) is 10.4 Å². The Morgan fingerprint density at radius 2 is 1.86 bits per heavy atom. The molecule has 0 aliphatic heterocycles. The molecular formula is C11H7BrO2. The van der Waals surface area contributed by atoms with Crippen LogP contribution in [0, 0.1) is 0 Å². The lowest BCUT2D eigenvalue weighted by atomic mass is 10.0. The van der Waals surface area contributed by atoms with Gasteiger partial charge >= 0.3 is 0 Å². The number of fused-ring (bicyclic) bond motifs is 1. The van der Waals surface area contributed by atoms with Crippen LogP contribution in [0.4, 0.5) is 0 Å². The first-order valence-electron chi connectivity index (χ1n) is 4.09. The third kappa shape index (κ3) is 1.30. The Hall–Kier alpha value is -1.35. The Morgan fingerprint density at radius 3 is 2.50 bits per heavy atom. The highest BCUT2D eigenvalue weighted by atomic mass is 79.9. The van der Waals surface area contributed by atoms with Gasteiger partial charge in [-0.05, 0) is 27.4 Å². The van der Waals surface area contributed by atoms with Gasteiger partial charge in [-0.25, -0.2) is 0 Å². The Balaban J connectivity index is 2.97. The standard InChI is InChI=1S/C11H7BrO2/c12-10-5-11(14)8-4-2-1-3-7(8)9(10)6-13/h1-6,14H. The summed E-state index contributed by atoms with van der Waals surface area (Å²) >= 11 is 3.24. The maximum Gasteiger partial charge on any atom is 0.151 e. The first kappa shape index (κ1) is 9.21. The summed E-state index contributed by atoms with van der Waals surface area (Å²) in [6.07, 6.45) is 0.784. The Bertz CT molecular complexity index is 506. The molecule has 0 saturated heterocycles. The fourth-order valence-corrected chi connectivity index (χ4v) is 1.99. The van der Waals surface area contributed by atoms with Gasteiger partial charge in [0.05, 0.1) is 0 Å². The molecule has 1 N–H and O–H groups in total. The van der Waals surface area contributed by atoms with Crippen molar-refractivity contribution < 1.29 is 9.90 Å². The van der Waals surface area contributed by atoms with E-state index in [1.165, 1.54) is 6.07 Å². The van der Waals surface area contributed by atoms with Crippen molar-refractivity contribution in [2.24, 2.45) is 0 Å². The topological polar surface area (TPSA) is 37.3 Å². The van der Waals surface area contributed by atoms with Crippen molar-refractivity contribution in [3.05, 3.63) is 40.4 Å². The molecule has 0 aliphatic rings. The third-order valence-corrected chi connectivity index (χ3v) is 2.79. The summed E-state index contributed by atoms with van der Waals surface area (Å²) < 4.78 is 0.615. The Labute approximate surface area is 89.3 Å². The summed E-state index contributed by atoms with van der Waals surface area (Å²) in [5, 5.41) is 11.1. The molecule has 0 atom stereocenters. The van der Waals surface area contributed by atoms with E-state index < -0.39 is 0 Å². The smallest absolute Gasteiger partial charge is 0.151 e. The minimum atomic E-state index is 0.179. The second-order valence-electron chi connectivity index (χ2n) is 2.95. The maximum atomic E-state index is 10.8. The number of aldehydes is 1. The van der Waals surface area contributed by atoms with Crippen molar-refractivity contribution in [3.8, 4) is 5.75 Å². The first-order valence-corrected chi connectivity index (χ1v) is 4.88. The molecule has 0 aliphatic carbocycles. The molecule has 0 amide bonds. The maximum absolute atomic E-state index is 10.8. The van der Waals surface area contributed by atoms with Crippen molar-refractivity contribution >= 4 is 33.0 Å². The molecule has 3 heteroatoms. The van der Waals surface area contributed by atoms with Crippen molar-refractivity contribution in [1.29, 1.82) is 0 Å². The molecule has 70 valence electrons. The fourth-order valence-electron chi connectivity index (χ4n) is 1.47. The predicted molar refractivity (Wildman–Crippen MR) is 58.7 cm³/mol. The highest BCUT2D eigenvalue weighted by Gasteiger charge is 2.08. The fraction of sp³-hybridized carbons (Fsp3) is 0. The van der Waals surface area contributed by atoms with Crippen LogP contribution < -0.4 is 0 Å². The highest BCUT2D eigenvalue weighted by molar-refractivity contribution is 9.10. The number of rotatable bonds is 1. The van der Waals surface area contributed by atoms with E-state index in [1.54, 1.807) is 6.07 Å². The van der Waals surface area contributed by atoms with Crippen LogP contribution in [0.5, 0.6) is 5.75 Å². The molecule has 14 heavy (non-hydrogen) atoms. The molecular weight excluding hydrogens is 244 g/mol. The minimum absolute atomic E-state index is 0.179. The quantitative estimate of drug-likeness (QED) is 0.790. The zero-order valence-electron chi connectivity index (χ0n) is 7.20. The van der Waals surface area contributed by atoms with Crippen LogP contribution in [-0.2, 0) is 0 Å². The molecule has 2 aromatic carbocycles. The van der Waals surface area contributed by atoms with Crippen molar-refractivity contribution in [3.63, 3.8) is 0 Å². The van der Waals surface area contributed by atoms with Gasteiger partial charge in [-0.3, -0.25) is 4.79 Å². The summed E-state index contributed by atoms with van der Waals surface area (Å²) in [5.74, 6) is 0.179. The molecule has 0 fully saturated rings. The largest absolute Gasteiger partial charge is 0.507 e. The molecule has 0 bridgehead atoms. The summed E-state index contributed by atoms with van der Waals surface area (Å²) in [5.41, 5.74) is 0.568. The van der Waals surface area contributed by atoms with Gasteiger partial charge in [0.15, 0.2) is 6.29 Å². The van der Waals surface area contributed by atoms with E-state index in [0.29, 0.717) is 15.4 Å². The number of carbonyl (C=O) groups excluding carboxylic acids is 1. The summed E-state index contributed by atoms with van der Waals surface area (Å²) in [4.78, 5) is 10.8. The summed E-state index contributed by atoms with van der Waals surface area (Å²) in [6.45, 7) is 0. The molecule has 0 aromatic heterocycles. The number of hydrogen-bond acceptors (Lipinski definition) is 2. The lowest BCUT2D eigenvalue weighted by Gasteiger charge is -2.05. The van der Waals surface area contributed by atoms with E-state index in [1.807, 2.05) is 18.2 Å². The molecule has 0 unspecified atom stereocenters. The second-order valence-corrected chi connectivity index (χ2v) is 3.81. The number of halogens is 1. The average Bonchev–Trinajstić information content (AvgIpc) is 2.18. The number of phenols is 1. The van der Waals surface area contributed by atoms with Crippen LogP contribution in [0.2, 0.25) is 0 Å². The molecule has 2 rings (SSSR count). The summed E-state index contributed by atoms with van der Waals surface area (Å²) in [6, 6.07) is 8.78. The summed E-state index contributed by atoms with van der Waals surface area (Å²) in [7, 11) is 0. The lowest BCUT2D eigenvalue weighted by Crippen LogP contribution is -1.86. The van der Waals surface area contributed by atoms with E-state index >= 15 is 0 Å². The Morgan fingerprint density at radius 1 is 1.21 bits per heavy atom. The first-order chi connectivity index (χ1) is 6.74. The number of benzene rings is 2. The van der Waals surface area contributed by atoms with Gasteiger partial charge in [0.1, 0.15) is 5.75 Å². The Kier molecular flexibility index (Phi) is 2.25. The zero-order valence-corrected chi connectivity index (χ0v) is 8.78. The number of carbonyl (C=O) groups is 1. The molecule has 0 saturated carbocycles. The van der Waals surface area contributed by atoms with Crippen LogP contribution >= 0.6 is 15.9 Å². The van der Waals surface area contributed by atoms with Crippen LogP contribution in [0.3, 0.4) is 0 Å². The van der Waals surface area contributed by atoms with Gasteiger partial charge in [-0.2, -0.15) is 0 Å². The monoisotopic (exact) mass is 250 g/mol. The van der Waals surface area contributed by atoms with Crippen LogP contribution in [-0.4, -0.2) is 11.4 Å². The molecule has 0 heterocycles.